The Balaban J connectivity index is 1.86. The number of carbonyl (C=O) groups excluding carboxylic acids is 1. The number of carbonyl (C=O) groups is 1. The van der Waals surface area contributed by atoms with Crippen LogP contribution in [0.5, 0.6) is 0 Å². The first-order valence-electron chi connectivity index (χ1n) is 6.20. The second-order valence-corrected chi connectivity index (χ2v) is 7.01. The Morgan fingerprint density at radius 3 is 2.59 bits per heavy atom. The van der Waals surface area contributed by atoms with E-state index in [0.29, 0.717) is 25.6 Å². The van der Waals surface area contributed by atoms with Crippen LogP contribution < -0.4 is 4.72 Å². The highest BCUT2D eigenvalue weighted by atomic mass is 32.2. The molecule has 17 heavy (non-hydrogen) atoms. The molecule has 1 saturated heterocycles. The average molecular weight is 260 g/mol. The molecule has 0 radical (unpaired) electrons. The maximum atomic E-state index is 11.8. The average Bonchev–Trinajstić information content (AvgIpc) is 2.82. The van der Waals surface area contributed by atoms with Gasteiger partial charge in [-0.1, -0.05) is 12.8 Å². The monoisotopic (exact) mass is 260 g/mol. The van der Waals surface area contributed by atoms with Crippen LogP contribution in [-0.2, 0) is 14.8 Å². The van der Waals surface area contributed by atoms with Crippen molar-refractivity contribution in [2.75, 3.05) is 19.3 Å². The Kier molecular flexibility index (Phi) is 3.73. The molecule has 1 amide bonds. The van der Waals surface area contributed by atoms with Crippen LogP contribution in [0.1, 0.15) is 32.1 Å². The fourth-order valence-electron chi connectivity index (χ4n) is 2.78. The maximum Gasteiger partial charge on any atom is 0.223 e. The molecule has 1 aliphatic heterocycles. The van der Waals surface area contributed by atoms with E-state index < -0.39 is 10.0 Å². The van der Waals surface area contributed by atoms with Crippen LogP contribution in [0.25, 0.3) is 0 Å². The van der Waals surface area contributed by atoms with Gasteiger partial charge in [-0.3, -0.25) is 4.79 Å². The zero-order valence-electron chi connectivity index (χ0n) is 10.2. The first-order valence-corrected chi connectivity index (χ1v) is 8.09. The zero-order valence-corrected chi connectivity index (χ0v) is 11.0. The fourth-order valence-corrected chi connectivity index (χ4v) is 3.32. The SMILES string of the molecule is CS(=O)(=O)NC[C@@H]1CC(=O)N(C2CCCC2)C1. The molecule has 1 saturated carbocycles. The molecule has 5 nitrogen and oxygen atoms in total. The van der Waals surface area contributed by atoms with Gasteiger partial charge in [-0.2, -0.15) is 0 Å². The number of nitrogens with zero attached hydrogens (tertiary/aromatic N) is 1. The number of hydrogen-bond acceptors (Lipinski definition) is 3. The van der Waals surface area contributed by atoms with Gasteiger partial charge in [0, 0.05) is 25.6 Å². The van der Waals surface area contributed by atoms with Crippen LogP contribution >= 0.6 is 0 Å². The van der Waals surface area contributed by atoms with Crippen LogP contribution in [0.3, 0.4) is 0 Å². The Labute approximate surface area is 103 Å². The third-order valence-electron chi connectivity index (χ3n) is 3.64. The van der Waals surface area contributed by atoms with Crippen molar-refractivity contribution in [3.63, 3.8) is 0 Å². The molecule has 0 aromatic heterocycles. The summed E-state index contributed by atoms with van der Waals surface area (Å²) in [5, 5.41) is 0. The van der Waals surface area contributed by atoms with Gasteiger partial charge < -0.3 is 4.90 Å². The summed E-state index contributed by atoms with van der Waals surface area (Å²) in [5.74, 6) is 0.329. The van der Waals surface area contributed by atoms with Crippen LogP contribution in [0, 0.1) is 5.92 Å². The molecule has 2 rings (SSSR count). The summed E-state index contributed by atoms with van der Waals surface area (Å²) >= 11 is 0. The van der Waals surface area contributed by atoms with Gasteiger partial charge in [-0.25, -0.2) is 13.1 Å². The van der Waals surface area contributed by atoms with Crippen molar-refractivity contribution in [2.24, 2.45) is 5.92 Å². The minimum absolute atomic E-state index is 0.137. The summed E-state index contributed by atoms with van der Waals surface area (Å²) < 4.78 is 24.5. The van der Waals surface area contributed by atoms with E-state index in [2.05, 4.69) is 4.72 Å². The van der Waals surface area contributed by atoms with E-state index in [1.807, 2.05) is 4.90 Å². The number of nitrogens with one attached hydrogen (secondary N) is 1. The van der Waals surface area contributed by atoms with E-state index >= 15 is 0 Å². The third kappa shape index (κ3) is 3.42. The van der Waals surface area contributed by atoms with Gasteiger partial charge in [-0.15, -0.1) is 0 Å². The molecule has 1 atom stereocenters. The summed E-state index contributed by atoms with van der Waals surface area (Å²) in [6.45, 7) is 1.10. The minimum atomic E-state index is -3.15. The molecule has 6 heteroatoms. The van der Waals surface area contributed by atoms with Crippen molar-refractivity contribution >= 4 is 15.9 Å². The van der Waals surface area contributed by atoms with Crippen LogP contribution in [0.4, 0.5) is 0 Å². The predicted molar refractivity (Wildman–Crippen MR) is 64.9 cm³/mol. The molecule has 0 bridgehead atoms. The number of sulfonamides is 1. The van der Waals surface area contributed by atoms with E-state index in [1.54, 1.807) is 0 Å². The van der Waals surface area contributed by atoms with Gasteiger partial charge in [0.1, 0.15) is 0 Å². The topological polar surface area (TPSA) is 66.5 Å². The summed E-state index contributed by atoms with van der Waals surface area (Å²) in [6.07, 6.45) is 6.27. The highest BCUT2D eigenvalue weighted by molar-refractivity contribution is 7.88. The zero-order chi connectivity index (χ0) is 12.5. The van der Waals surface area contributed by atoms with Gasteiger partial charge in [0.15, 0.2) is 0 Å². The molecular formula is C11H20N2O3S. The van der Waals surface area contributed by atoms with Gasteiger partial charge in [0.2, 0.25) is 15.9 Å². The van der Waals surface area contributed by atoms with Crippen molar-refractivity contribution < 1.29 is 13.2 Å². The molecule has 1 heterocycles. The largest absolute Gasteiger partial charge is 0.339 e. The lowest BCUT2D eigenvalue weighted by Gasteiger charge is -2.24. The van der Waals surface area contributed by atoms with E-state index in [0.717, 1.165) is 19.1 Å². The molecule has 2 fully saturated rings. The van der Waals surface area contributed by atoms with Gasteiger partial charge in [-0.05, 0) is 18.8 Å². The second-order valence-electron chi connectivity index (χ2n) is 5.18. The standard InChI is InChI=1S/C11H20N2O3S/c1-17(15,16)12-7-9-6-11(14)13(8-9)10-4-2-3-5-10/h9-10,12H,2-8H2,1H3/t9-/m0/s1. The van der Waals surface area contributed by atoms with Crippen molar-refractivity contribution in [1.82, 2.24) is 9.62 Å². The molecule has 2 aliphatic rings. The number of hydrogen-bond donors (Lipinski definition) is 1. The van der Waals surface area contributed by atoms with E-state index in [4.69, 9.17) is 0 Å². The first kappa shape index (κ1) is 12.8. The minimum Gasteiger partial charge on any atom is -0.339 e. The molecule has 0 spiro atoms. The van der Waals surface area contributed by atoms with Crippen molar-refractivity contribution in [2.45, 2.75) is 38.1 Å². The summed E-state index contributed by atoms with van der Waals surface area (Å²) in [7, 11) is -3.15. The molecule has 0 aromatic carbocycles. The van der Waals surface area contributed by atoms with Gasteiger partial charge >= 0.3 is 0 Å². The predicted octanol–water partition coefficient (Wildman–Crippen LogP) is 0.327. The van der Waals surface area contributed by atoms with Crippen molar-refractivity contribution in [1.29, 1.82) is 0 Å². The molecule has 0 aromatic rings. The van der Waals surface area contributed by atoms with Crippen LogP contribution in [0.2, 0.25) is 0 Å². The lowest BCUT2D eigenvalue weighted by molar-refractivity contribution is -0.129. The van der Waals surface area contributed by atoms with Gasteiger partial charge in [0.05, 0.1) is 6.26 Å². The lowest BCUT2D eigenvalue weighted by atomic mass is 10.1. The number of amides is 1. The molecule has 1 aliphatic carbocycles. The lowest BCUT2D eigenvalue weighted by Crippen LogP contribution is -2.35. The van der Waals surface area contributed by atoms with E-state index in [-0.39, 0.29) is 11.8 Å². The quantitative estimate of drug-likeness (QED) is 0.792. The maximum absolute atomic E-state index is 11.8. The summed E-state index contributed by atoms with van der Waals surface area (Å²) in [4.78, 5) is 13.8. The molecular weight excluding hydrogens is 240 g/mol. The van der Waals surface area contributed by atoms with E-state index in [1.165, 1.54) is 12.8 Å². The molecule has 98 valence electrons. The molecule has 0 unspecified atom stereocenters. The Bertz CT molecular complexity index is 388. The van der Waals surface area contributed by atoms with Gasteiger partial charge in [0.25, 0.3) is 0 Å². The van der Waals surface area contributed by atoms with Crippen LogP contribution in [0.15, 0.2) is 0 Å². The smallest absolute Gasteiger partial charge is 0.223 e. The molecule has 1 N–H and O–H groups in total. The van der Waals surface area contributed by atoms with Crippen LogP contribution in [-0.4, -0.2) is 44.6 Å². The Morgan fingerprint density at radius 1 is 1.35 bits per heavy atom. The fraction of sp³-hybridized carbons (Fsp3) is 0.909. The Hall–Kier alpha value is -0.620. The van der Waals surface area contributed by atoms with E-state index in [9.17, 15) is 13.2 Å². The Morgan fingerprint density at radius 2 is 2.00 bits per heavy atom. The summed E-state index contributed by atoms with van der Waals surface area (Å²) in [6, 6.07) is 0.408. The third-order valence-corrected chi connectivity index (χ3v) is 4.33. The second kappa shape index (κ2) is 4.94. The number of rotatable bonds is 4. The van der Waals surface area contributed by atoms with Crippen molar-refractivity contribution in [3.8, 4) is 0 Å². The summed E-state index contributed by atoms with van der Waals surface area (Å²) in [5.41, 5.74) is 0. The normalized spacial score (nSPS) is 27.0. The highest BCUT2D eigenvalue weighted by Gasteiger charge is 2.35. The number of likely N-dealkylation sites (tertiary alicyclic amines) is 1. The first-order chi connectivity index (χ1) is 7.96. The van der Waals surface area contributed by atoms with Crippen molar-refractivity contribution in [3.05, 3.63) is 0 Å². The highest BCUT2D eigenvalue weighted by Crippen LogP contribution is 2.29.